The van der Waals surface area contributed by atoms with Crippen molar-refractivity contribution in [2.75, 3.05) is 11.9 Å². The Labute approximate surface area is 202 Å². The molecule has 4 aromatic rings. The number of benzene rings is 2. The van der Waals surface area contributed by atoms with Gasteiger partial charge in [0, 0.05) is 10.9 Å². The van der Waals surface area contributed by atoms with Gasteiger partial charge in [-0.25, -0.2) is 4.98 Å². The smallest absolute Gasteiger partial charge is 0.217 e. The summed E-state index contributed by atoms with van der Waals surface area (Å²) < 4.78 is 7.89. The van der Waals surface area contributed by atoms with Crippen molar-refractivity contribution in [2.24, 2.45) is 5.16 Å². The fourth-order valence-electron chi connectivity index (χ4n) is 4.80. The van der Waals surface area contributed by atoms with Crippen LogP contribution in [0.2, 0.25) is 0 Å². The monoisotopic (exact) mass is 465 g/mol. The number of fused-ring (bicyclic) bond motifs is 3. The van der Waals surface area contributed by atoms with Crippen LogP contribution in [0.5, 0.6) is 5.75 Å². The second kappa shape index (κ2) is 8.96. The molecule has 0 fully saturated rings. The Hall–Kier alpha value is -4.63. The lowest BCUT2D eigenvalue weighted by atomic mass is 9.89. The Bertz CT molecular complexity index is 1530. The molecule has 5 rings (SSSR count). The zero-order valence-corrected chi connectivity index (χ0v) is 19.6. The number of hydrogen-bond donors (Lipinski definition) is 1. The summed E-state index contributed by atoms with van der Waals surface area (Å²) in [6, 6.07) is 15.8. The van der Waals surface area contributed by atoms with E-state index < -0.39 is 0 Å². The number of hydrogen-bond acceptors (Lipinski definition) is 8. The lowest BCUT2D eigenvalue weighted by Gasteiger charge is -2.20. The Morgan fingerprint density at radius 3 is 2.69 bits per heavy atom. The summed E-state index contributed by atoms with van der Waals surface area (Å²) >= 11 is 0. The predicted molar refractivity (Wildman–Crippen MR) is 132 cm³/mol. The molecule has 1 aliphatic heterocycles. The fourth-order valence-corrected chi connectivity index (χ4v) is 4.80. The maximum absolute atomic E-state index is 9.38. The van der Waals surface area contributed by atoms with Crippen LogP contribution in [0.3, 0.4) is 0 Å². The van der Waals surface area contributed by atoms with E-state index in [0.29, 0.717) is 17.2 Å². The molecule has 9 nitrogen and oxygen atoms in total. The normalized spacial score (nSPS) is 17.9. The van der Waals surface area contributed by atoms with Gasteiger partial charge in [-0.15, -0.1) is 0 Å². The summed E-state index contributed by atoms with van der Waals surface area (Å²) in [5.74, 6) is 0.882. The zero-order valence-electron chi connectivity index (χ0n) is 19.6. The van der Waals surface area contributed by atoms with Gasteiger partial charge in [-0.05, 0) is 38.5 Å². The first kappa shape index (κ1) is 22.2. The largest absolute Gasteiger partial charge is 0.478 e. The van der Waals surface area contributed by atoms with E-state index in [9.17, 15) is 10.5 Å². The van der Waals surface area contributed by atoms with Crippen LogP contribution >= 0.6 is 0 Å². The molecule has 0 radical (unpaired) electrons. The van der Waals surface area contributed by atoms with Crippen molar-refractivity contribution in [2.45, 2.75) is 38.8 Å². The molecule has 2 unspecified atom stereocenters. The highest BCUT2D eigenvalue weighted by molar-refractivity contribution is 6.05. The van der Waals surface area contributed by atoms with Crippen LogP contribution in [0.15, 0.2) is 53.8 Å². The number of imidazole rings is 1. The number of nitrogens with zero attached hydrogens (tertiary/aromatic N) is 6. The highest BCUT2D eigenvalue weighted by Crippen LogP contribution is 2.40. The molecule has 0 spiro atoms. The van der Waals surface area contributed by atoms with Crippen LogP contribution in [0, 0.1) is 22.8 Å². The molecule has 3 heterocycles. The average molecular weight is 466 g/mol. The minimum atomic E-state index is -0.171. The quantitative estimate of drug-likeness (QED) is 0.318. The van der Waals surface area contributed by atoms with Gasteiger partial charge < -0.3 is 14.1 Å². The number of oxime groups is 1. The van der Waals surface area contributed by atoms with E-state index in [1.165, 1.54) is 0 Å². The highest BCUT2D eigenvalue weighted by Gasteiger charge is 2.33. The number of nitrogens with one attached hydrogen (secondary N) is 1. The summed E-state index contributed by atoms with van der Waals surface area (Å²) in [6.07, 6.45) is 3.53. The summed E-state index contributed by atoms with van der Waals surface area (Å²) in [5, 5.41) is 26.2. The summed E-state index contributed by atoms with van der Waals surface area (Å²) in [6.45, 7) is 5.83. The standard InChI is InChI=1S/C26H23N7O2/c1-15-24(17(3)35-32-15)20-11-21-19(12-23(20)34-10-9-27)25-22(13-29-21)31-26(30-14-28)33(25)16(2)18-7-5-4-6-8-18/h4-8,11-13,16-17,24H,10H2,1-3H3,(H,30,31)/t16-,17?,24?/m1/s1. The van der Waals surface area contributed by atoms with Crippen molar-refractivity contribution < 1.29 is 9.57 Å². The molecule has 0 bridgehead atoms. The Morgan fingerprint density at radius 2 is 2.00 bits per heavy atom. The molecule has 3 atom stereocenters. The third-order valence-electron chi connectivity index (χ3n) is 6.39. The minimum Gasteiger partial charge on any atom is -0.478 e. The van der Waals surface area contributed by atoms with Gasteiger partial charge in [0.15, 0.2) is 12.8 Å². The van der Waals surface area contributed by atoms with Gasteiger partial charge in [-0.2, -0.15) is 10.5 Å². The number of nitriles is 2. The summed E-state index contributed by atoms with van der Waals surface area (Å²) in [7, 11) is 0. The summed E-state index contributed by atoms with van der Waals surface area (Å²) in [4.78, 5) is 14.8. The molecule has 0 saturated heterocycles. The molecular weight excluding hydrogens is 442 g/mol. The van der Waals surface area contributed by atoms with Gasteiger partial charge in [0.05, 0.1) is 34.9 Å². The van der Waals surface area contributed by atoms with Crippen LogP contribution in [0.4, 0.5) is 5.95 Å². The molecule has 35 heavy (non-hydrogen) atoms. The van der Waals surface area contributed by atoms with E-state index >= 15 is 0 Å². The molecular formula is C26H23N7O2. The first-order valence-electron chi connectivity index (χ1n) is 11.3. The van der Waals surface area contributed by atoms with Gasteiger partial charge in [-0.1, -0.05) is 35.5 Å². The first-order chi connectivity index (χ1) is 17.0. The van der Waals surface area contributed by atoms with E-state index in [2.05, 4.69) is 33.4 Å². The molecule has 0 saturated carbocycles. The molecule has 2 aromatic heterocycles. The van der Waals surface area contributed by atoms with E-state index in [1.54, 1.807) is 6.20 Å². The van der Waals surface area contributed by atoms with Crippen molar-refractivity contribution in [3.05, 3.63) is 59.8 Å². The van der Waals surface area contributed by atoms with E-state index in [-0.39, 0.29) is 24.7 Å². The van der Waals surface area contributed by atoms with Crippen molar-refractivity contribution in [1.29, 1.82) is 10.5 Å². The van der Waals surface area contributed by atoms with Crippen LogP contribution < -0.4 is 10.1 Å². The van der Waals surface area contributed by atoms with Gasteiger partial charge in [0.25, 0.3) is 0 Å². The highest BCUT2D eigenvalue weighted by atomic mass is 16.6. The molecule has 1 N–H and O–H groups in total. The van der Waals surface area contributed by atoms with Crippen molar-refractivity contribution in [3.63, 3.8) is 0 Å². The second-order valence-electron chi connectivity index (χ2n) is 8.50. The van der Waals surface area contributed by atoms with Gasteiger partial charge in [0.2, 0.25) is 5.95 Å². The predicted octanol–water partition coefficient (Wildman–Crippen LogP) is 4.87. The fraction of sp³-hybridized carbons (Fsp3) is 0.269. The number of aromatic nitrogens is 3. The first-order valence-corrected chi connectivity index (χ1v) is 11.3. The Balaban J connectivity index is 1.79. The summed E-state index contributed by atoms with van der Waals surface area (Å²) in [5.41, 5.74) is 4.98. The minimum absolute atomic E-state index is 0.0963. The van der Waals surface area contributed by atoms with Gasteiger partial charge in [0.1, 0.15) is 23.4 Å². The lowest BCUT2D eigenvalue weighted by molar-refractivity contribution is 0.0900. The number of ether oxygens (including phenoxy) is 1. The van der Waals surface area contributed by atoms with Gasteiger partial charge >= 0.3 is 0 Å². The van der Waals surface area contributed by atoms with Gasteiger partial charge in [-0.3, -0.25) is 10.3 Å². The number of anilines is 1. The lowest BCUT2D eigenvalue weighted by Crippen LogP contribution is -2.18. The topological polar surface area (TPSA) is 121 Å². The molecule has 1 aliphatic rings. The maximum Gasteiger partial charge on any atom is 0.217 e. The molecule has 174 valence electrons. The van der Waals surface area contributed by atoms with Crippen LogP contribution in [-0.4, -0.2) is 33.0 Å². The Kier molecular flexibility index (Phi) is 5.68. The maximum atomic E-state index is 9.38. The van der Waals surface area contributed by atoms with Crippen LogP contribution in [0.25, 0.3) is 21.9 Å². The SMILES string of the molecule is CC1=NOC(C)C1c1cc2ncc3nc(NC#N)n([C@H](C)c4ccccc4)c3c2cc1OCC#N. The zero-order chi connectivity index (χ0) is 24.5. The van der Waals surface area contributed by atoms with Crippen LogP contribution in [0.1, 0.15) is 43.9 Å². The van der Waals surface area contributed by atoms with Crippen molar-refractivity contribution >= 4 is 33.6 Å². The average Bonchev–Trinajstić information content (AvgIpc) is 3.41. The van der Waals surface area contributed by atoms with Crippen LogP contribution in [-0.2, 0) is 4.84 Å². The second-order valence-corrected chi connectivity index (χ2v) is 8.50. The molecule has 2 aromatic carbocycles. The number of pyridine rings is 1. The molecule has 0 amide bonds. The van der Waals surface area contributed by atoms with E-state index in [4.69, 9.17) is 9.57 Å². The number of rotatable bonds is 6. The Morgan fingerprint density at radius 1 is 1.20 bits per heavy atom. The third kappa shape index (κ3) is 3.77. The van der Waals surface area contributed by atoms with Crippen molar-refractivity contribution in [1.82, 2.24) is 14.5 Å². The van der Waals surface area contributed by atoms with E-state index in [1.807, 2.05) is 67.1 Å². The van der Waals surface area contributed by atoms with E-state index in [0.717, 1.165) is 33.3 Å². The molecule has 9 heteroatoms. The van der Waals surface area contributed by atoms with Crippen molar-refractivity contribution in [3.8, 4) is 18.0 Å². The third-order valence-corrected chi connectivity index (χ3v) is 6.39. The molecule has 0 aliphatic carbocycles.